The highest BCUT2D eigenvalue weighted by Gasteiger charge is 2.13. The van der Waals surface area contributed by atoms with Crippen molar-refractivity contribution in [3.63, 3.8) is 0 Å². The quantitative estimate of drug-likeness (QED) is 0.729. The van der Waals surface area contributed by atoms with Gasteiger partial charge in [0.25, 0.3) is 0 Å². The maximum absolute atomic E-state index is 4.17. The molecule has 0 aliphatic carbocycles. The van der Waals surface area contributed by atoms with E-state index in [-0.39, 0.29) is 0 Å². The summed E-state index contributed by atoms with van der Waals surface area (Å²) in [5.74, 6) is 0. The summed E-state index contributed by atoms with van der Waals surface area (Å²) < 4.78 is 1.93. The van der Waals surface area contributed by atoms with E-state index in [1.165, 1.54) is 0 Å². The molecule has 5 nitrogen and oxygen atoms in total. The minimum Gasteiger partial charge on any atom is -0.311 e. The Morgan fingerprint density at radius 2 is 2.11 bits per heavy atom. The van der Waals surface area contributed by atoms with Gasteiger partial charge in [-0.25, -0.2) is 0 Å². The highest BCUT2D eigenvalue weighted by molar-refractivity contribution is 4.91. The van der Waals surface area contributed by atoms with Gasteiger partial charge in [0.15, 0.2) is 0 Å². The van der Waals surface area contributed by atoms with Crippen LogP contribution in [0.4, 0.5) is 0 Å². The predicted molar refractivity (Wildman–Crippen MR) is 79.0 cm³/mol. The maximum Gasteiger partial charge on any atom is 0.0964 e. The Morgan fingerprint density at radius 1 is 1.37 bits per heavy atom. The van der Waals surface area contributed by atoms with Crippen LogP contribution in [-0.2, 0) is 13.1 Å². The van der Waals surface area contributed by atoms with Crippen molar-refractivity contribution >= 4 is 0 Å². The SMILES string of the molecule is CCCNCc1cn(CCN(C)CC(C)(C)C)nn1. The third kappa shape index (κ3) is 7.28. The fourth-order valence-electron chi connectivity index (χ4n) is 2.08. The first-order valence-electron chi connectivity index (χ1n) is 7.19. The molecule has 0 spiro atoms. The lowest BCUT2D eigenvalue weighted by Gasteiger charge is -2.26. The molecule has 5 heteroatoms. The van der Waals surface area contributed by atoms with E-state index in [9.17, 15) is 0 Å². The van der Waals surface area contributed by atoms with Gasteiger partial charge in [-0.05, 0) is 25.4 Å². The Balaban J connectivity index is 2.29. The normalized spacial score (nSPS) is 12.3. The molecule has 0 aliphatic heterocycles. The van der Waals surface area contributed by atoms with Gasteiger partial charge in [0.05, 0.1) is 12.2 Å². The van der Waals surface area contributed by atoms with Crippen LogP contribution in [0.25, 0.3) is 0 Å². The summed E-state index contributed by atoms with van der Waals surface area (Å²) in [7, 11) is 2.16. The molecule has 0 aliphatic rings. The zero-order chi connectivity index (χ0) is 14.3. The zero-order valence-corrected chi connectivity index (χ0v) is 13.1. The predicted octanol–water partition coefficient (Wildman–Crippen LogP) is 1.76. The number of nitrogens with one attached hydrogen (secondary N) is 1. The van der Waals surface area contributed by atoms with Crippen LogP contribution in [0.1, 0.15) is 39.8 Å². The average molecular weight is 267 g/mol. The lowest BCUT2D eigenvalue weighted by Crippen LogP contribution is -2.31. The molecule has 0 saturated heterocycles. The van der Waals surface area contributed by atoms with Crippen molar-refractivity contribution in [2.75, 3.05) is 26.7 Å². The van der Waals surface area contributed by atoms with Gasteiger partial charge in [-0.3, -0.25) is 4.68 Å². The molecule has 0 amide bonds. The number of rotatable bonds is 8. The topological polar surface area (TPSA) is 46.0 Å². The summed E-state index contributed by atoms with van der Waals surface area (Å²) in [6, 6.07) is 0. The Hall–Kier alpha value is -0.940. The van der Waals surface area contributed by atoms with Gasteiger partial charge in [-0.2, -0.15) is 0 Å². The van der Waals surface area contributed by atoms with Crippen molar-refractivity contribution in [3.05, 3.63) is 11.9 Å². The van der Waals surface area contributed by atoms with Crippen LogP contribution >= 0.6 is 0 Å². The van der Waals surface area contributed by atoms with Crippen molar-refractivity contribution in [1.29, 1.82) is 0 Å². The molecular formula is C14H29N5. The largest absolute Gasteiger partial charge is 0.311 e. The molecule has 0 saturated carbocycles. The van der Waals surface area contributed by atoms with E-state index in [1.54, 1.807) is 0 Å². The first-order chi connectivity index (χ1) is 8.90. The molecule has 0 unspecified atom stereocenters. The zero-order valence-electron chi connectivity index (χ0n) is 13.1. The molecule has 0 radical (unpaired) electrons. The van der Waals surface area contributed by atoms with Crippen molar-refractivity contribution < 1.29 is 0 Å². The lowest BCUT2D eigenvalue weighted by molar-refractivity contribution is 0.218. The summed E-state index contributed by atoms with van der Waals surface area (Å²) in [5.41, 5.74) is 1.36. The molecule has 1 N–H and O–H groups in total. The van der Waals surface area contributed by atoms with Crippen LogP contribution in [0, 0.1) is 5.41 Å². The summed E-state index contributed by atoms with van der Waals surface area (Å²) in [6.45, 7) is 13.8. The molecule has 0 atom stereocenters. The standard InChI is InChI=1S/C14H29N5/c1-6-7-15-10-13-11-19(17-16-13)9-8-18(5)12-14(2,3)4/h11,15H,6-10,12H2,1-5H3. The van der Waals surface area contributed by atoms with Crippen molar-refractivity contribution in [2.45, 2.75) is 47.2 Å². The van der Waals surface area contributed by atoms with Gasteiger partial charge >= 0.3 is 0 Å². The van der Waals surface area contributed by atoms with Gasteiger partial charge in [-0.1, -0.05) is 32.9 Å². The Labute approximate surface area is 117 Å². The fourth-order valence-corrected chi connectivity index (χ4v) is 2.08. The highest BCUT2D eigenvalue weighted by atomic mass is 15.4. The van der Waals surface area contributed by atoms with Crippen molar-refractivity contribution in [3.8, 4) is 0 Å². The number of hydrogen-bond acceptors (Lipinski definition) is 4. The molecule has 110 valence electrons. The Kier molecular flexibility index (Phi) is 6.45. The molecular weight excluding hydrogens is 238 g/mol. The van der Waals surface area contributed by atoms with Gasteiger partial charge in [0, 0.05) is 25.8 Å². The molecule has 19 heavy (non-hydrogen) atoms. The third-order valence-corrected chi connectivity index (χ3v) is 2.77. The van der Waals surface area contributed by atoms with Crippen molar-refractivity contribution in [1.82, 2.24) is 25.2 Å². The Morgan fingerprint density at radius 3 is 2.74 bits per heavy atom. The number of likely N-dealkylation sites (N-methyl/N-ethyl adjacent to an activating group) is 1. The monoisotopic (exact) mass is 267 g/mol. The Bertz CT molecular complexity index is 353. The van der Waals surface area contributed by atoms with Crippen LogP contribution in [0.2, 0.25) is 0 Å². The lowest BCUT2D eigenvalue weighted by atomic mass is 9.96. The minimum atomic E-state index is 0.340. The molecule has 0 fully saturated rings. The second-order valence-electron chi connectivity index (χ2n) is 6.45. The molecule has 1 heterocycles. The van der Waals surface area contributed by atoms with E-state index in [0.29, 0.717) is 5.41 Å². The molecule has 1 rings (SSSR count). The van der Waals surface area contributed by atoms with Crippen LogP contribution in [0.15, 0.2) is 6.20 Å². The number of nitrogens with zero attached hydrogens (tertiary/aromatic N) is 4. The molecule has 1 aromatic rings. The van der Waals surface area contributed by atoms with Gasteiger partial charge < -0.3 is 10.2 Å². The second-order valence-corrected chi connectivity index (χ2v) is 6.45. The van der Waals surface area contributed by atoms with Gasteiger partial charge in [0.2, 0.25) is 0 Å². The average Bonchev–Trinajstić information content (AvgIpc) is 2.72. The smallest absolute Gasteiger partial charge is 0.0964 e. The van der Waals surface area contributed by atoms with E-state index in [0.717, 1.165) is 44.8 Å². The van der Waals surface area contributed by atoms with Crippen LogP contribution in [0.3, 0.4) is 0 Å². The van der Waals surface area contributed by atoms with E-state index >= 15 is 0 Å². The summed E-state index contributed by atoms with van der Waals surface area (Å²) >= 11 is 0. The van der Waals surface area contributed by atoms with Crippen LogP contribution in [-0.4, -0.2) is 46.6 Å². The molecule has 0 aromatic carbocycles. The van der Waals surface area contributed by atoms with E-state index in [2.05, 4.69) is 55.3 Å². The minimum absolute atomic E-state index is 0.340. The highest BCUT2D eigenvalue weighted by Crippen LogP contribution is 2.13. The second kappa shape index (κ2) is 7.60. The first kappa shape index (κ1) is 16.1. The fraction of sp³-hybridized carbons (Fsp3) is 0.857. The molecule has 0 bridgehead atoms. The van der Waals surface area contributed by atoms with Crippen LogP contribution in [0.5, 0.6) is 0 Å². The van der Waals surface area contributed by atoms with Crippen LogP contribution < -0.4 is 5.32 Å². The number of hydrogen-bond donors (Lipinski definition) is 1. The number of aromatic nitrogens is 3. The van der Waals surface area contributed by atoms with Crippen molar-refractivity contribution in [2.24, 2.45) is 5.41 Å². The maximum atomic E-state index is 4.17. The third-order valence-electron chi connectivity index (χ3n) is 2.77. The van der Waals surface area contributed by atoms with E-state index < -0.39 is 0 Å². The summed E-state index contributed by atoms with van der Waals surface area (Å²) in [5, 5.41) is 11.7. The first-order valence-corrected chi connectivity index (χ1v) is 7.19. The summed E-state index contributed by atoms with van der Waals surface area (Å²) in [4.78, 5) is 2.34. The van der Waals surface area contributed by atoms with Gasteiger partial charge in [0.1, 0.15) is 0 Å². The molecule has 1 aromatic heterocycles. The summed E-state index contributed by atoms with van der Waals surface area (Å²) in [6.07, 6.45) is 3.18. The van der Waals surface area contributed by atoms with E-state index in [1.807, 2.05) is 10.9 Å². The van der Waals surface area contributed by atoms with Gasteiger partial charge in [-0.15, -0.1) is 5.10 Å². The van der Waals surface area contributed by atoms with E-state index in [4.69, 9.17) is 0 Å².